The minimum Gasteiger partial charge on any atom is -0.375 e. The Morgan fingerprint density at radius 3 is 2.62 bits per heavy atom. The lowest BCUT2D eigenvalue weighted by atomic mass is 10.0. The van der Waals surface area contributed by atoms with Gasteiger partial charge >= 0.3 is 0 Å². The van der Waals surface area contributed by atoms with Gasteiger partial charge in [0.15, 0.2) is 0 Å². The van der Waals surface area contributed by atoms with Crippen LogP contribution >= 0.6 is 0 Å². The van der Waals surface area contributed by atoms with Gasteiger partial charge in [-0.2, -0.15) is 5.26 Å². The fourth-order valence-corrected chi connectivity index (χ4v) is 3.31. The molecular formula is C22H31N3O4. The van der Waals surface area contributed by atoms with Gasteiger partial charge < -0.3 is 9.64 Å². The molecule has 1 aliphatic rings. The van der Waals surface area contributed by atoms with Gasteiger partial charge in [0, 0.05) is 6.54 Å². The second-order valence-electron chi connectivity index (χ2n) is 8.35. The fraction of sp³-hybridized carbons (Fsp3) is 0.591. The molecule has 2 atom stereocenters. The Hall–Kier alpha value is -2.43. The molecule has 0 spiro atoms. The van der Waals surface area contributed by atoms with E-state index in [-0.39, 0.29) is 11.9 Å². The van der Waals surface area contributed by atoms with E-state index in [0.29, 0.717) is 31.7 Å². The average Bonchev–Trinajstić information content (AvgIpc) is 2.71. The van der Waals surface area contributed by atoms with E-state index >= 15 is 0 Å². The van der Waals surface area contributed by atoms with Crippen LogP contribution in [0.1, 0.15) is 58.1 Å². The van der Waals surface area contributed by atoms with Gasteiger partial charge in [-0.05, 0) is 64.7 Å². The highest BCUT2D eigenvalue weighted by Crippen LogP contribution is 2.21. The maximum Gasteiger partial charge on any atom is 0.248 e. The minimum absolute atomic E-state index is 0.0276. The number of nitriles is 1. The Balaban J connectivity index is 1.95. The molecule has 0 saturated carbocycles. The lowest BCUT2D eigenvalue weighted by Gasteiger charge is -2.39. The highest BCUT2D eigenvalue weighted by molar-refractivity contribution is 5.83. The second-order valence-corrected chi connectivity index (χ2v) is 8.35. The smallest absolute Gasteiger partial charge is 0.248 e. The molecule has 158 valence electrons. The molecule has 2 unspecified atom stereocenters. The lowest BCUT2D eigenvalue weighted by molar-refractivity contribution is -0.231. The molecule has 0 radical (unpaired) electrons. The van der Waals surface area contributed by atoms with Crippen LogP contribution in [0.3, 0.4) is 0 Å². The maximum atomic E-state index is 13.1. The maximum absolute atomic E-state index is 13.1. The van der Waals surface area contributed by atoms with Crippen molar-refractivity contribution in [3.8, 4) is 6.07 Å². The van der Waals surface area contributed by atoms with Crippen molar-refractivity contribution in [1.82, 2.24) is 9.96 Å². The molecule has 29 heavy (non-hydrogen) atoms. The fourth-order valence-electron chi connectivity index (χ4n) is 3.31. The third-order valence-corrected chi connectivity index (χ3v) is 4.79. The van der Waals surface area contributed by atoms with E-state index in [0.717, 1.165) is 29.9 Å². The number of ether oxygens (including phenoxy) is 1. The highest BCUT2D eigenvalue weighted by atomic mass is 16.7. The normalized spacial score (nSPS) is 18.0. The highest BCUT2D eigenvalue weighted by Gasteiger charge is 2.34. The second kappa shape index (κ2) is 10.4. The SMILES string of the molecule is CC(C(=O)N1CCCCC1COCc1ccc(C#N)cc1)N(C=O)OC(C)(C)C. The van der Waals surface area contributed by atoms with E-state index in [1.807, 2.05) is 37.8 Å². The monoisotopic (exact) mass is 401 g/mol. The predicted molar refractivity (Wildman–Crippen MR) is 108 cm³/mol. The summed E-state index contributed by atoms with van der Waals surface area (Å²) in [6, 6.07) is 8.63. The number of piperidine rings is 1. The van der Waals surface area contributed by atoms with Crippen molar-refractivity contribution >= 4 is 12.3 Å². The molecule has 2 rings (SSSR count). The number of benzene rings is 1. The Morgan fingerprint density at radius 2 is 2.03 bits per heavy atom. The van der Waals surface area contributed by atoms with Crippen LogP contribution in [0.15, 0.2) is 24.3 Å². The van der Waals surface area contributed by atoms with Gasteiger partial charge in [0.2, 0.25) is 12.3 Å². The molecule has 1 aliphatic heterocycles. The number of likely N-dealkylation sites (tertiary alicyclic amines) is 1. The van der Waals surface area contributed by atoms with Crippen molar-refractivity contribution in [1.29, 1.82) is 5.26 Å². The van der Waals surface area contributed by atoms with Crippen LogP contribution < -0.4 is 0 Å². The number of hydroxylamine groups is 2. The van der Waals surface area contributed by atoms with E-state index in [4.69, 9.17) is 14.8 Å². The van der Waals surface area contributed by atoms with Gasteiger partial charge in [-0.1, -0.05) is 12.1 Å². The van der Waals surface area contributed by atoms with Gasteiger partial charge in [0.25, 0.3) is 0 Å². The Bertz CT molecular complexity index is 721. The first-order chi connectivity index (χ1) is 13.7. The van der Waals surface area contributed by atoms with Crippen molar-refractivity contribution in [3.05, 3.63) is 35.4 Å². The first kappa shape index (κ1) is 22.9. The van der Waals surface area contributed by atoms with Crippen molar-refractivity contribution in [2.24, 2.45) is 0 Å². The third kappa shape index (κ3) is 6.84. The van der Waals surface area contributed by atoms with Crippen LogP contribution in [0.4, 0.5) is 0 Å². The zero-order chi connectivity index (χ0) is 21.4. The number of amides is 2. The summed E-state index contributed by atoms with van der Waals surface area (Å²) in [6.45, 7) is 8.69. The number of carbonyl (C=O) groups is 2. The standard InChI is InChI=1S/C22H31N3O4/c1-17(25(16-26)29-22(2,3)4)21(27)24-12-6-5-7-20(24)15-28-14-19-10-8-18(13-23)9-11-19/h8-11,16-17,20H,5-7,12,14-15H2,1-4H3. The molecule has 1 heterocycles. The van der Waals surface area contributed by atoms with Crippen molar-refractivity contribution in [2.45, 2.75) is 71.2 Å². The van der Waals surface area contributed by atoms with E-state index in [9.17, 15) is 9.59 Å². The van der Waals surface area contributed by atoms with E-state index in [2.05, 4.69) is 6.07 Å². The number of hydrogen-bond donors (Lipinski definition) is 0. The largest absolute Gasteiger partial charge is 0.375 e. The Kier molecular flexibility index (Phi) is 8.18. The van der Waals surface area contributed by atoms with Crippen LogP contribution in [0, 0.1) is 11.3 Å². The summed E-state index contributed by atoms with van der Waals surface area (Å²) in [5.74, 6) is -0.131. The molecule has 2 amide bonds. The van der Waals surface area contributed by atoms with E-state index in [1.54, 1.807) is 19.1 Å². The number of rotatable bonds is 8. The van der Waals surface area contributed by atoms with Crippen LogP contribution in [-0.4, -0.2) is 53.1 Å². The van der Waals surface area contributed by atoms with E-state index < -0.39 is 11.6 Å². The molecule has 0 N–H and O–H groups in total. The van der Waals surface area contributed by atoms with Gasteiger partial charge in [-0.15, -0.1) is 0 Å². The summed E-state index contributed by atoms with van der Waals surface area (Å²) in [5, 5.41) is 9.97. The molecule has 7 nitrogen and oxygen atoms in total. The first-order valence-corrected chi connectivity index (χ1v) is 10.0. The zero-order valence-electron chi connectivity index (χ0n) is 17.8. The summed E-state index contributed by atoms with van der Waals surface area (Å²) < 4.78 is 5.87. The molecule has 0 aromatic heterocycles. The number of hydrogen-bond acceptors (Lipinski definition) is 5. The zero-order valence-corrected chi connectivity index (χ0v) is 17.8. The molecule has 7 heteroatoms. The van der Waals surface area contributed by atoms with E-state index in [1.165, 1.54) is 0 Å². The van der Waals surface area contributed by atoms with Crippen LogP contribution in [0.25, 0.3) is 0 Å². The van der Waals surface area contributed by atoms with Crippen molar-refractivity contribution in [2.75, 3.05) is 13.2 Å². The summed E-state index contributed by atoms with van der Waals surface area (Å²) in [4.78, 5) is 31.9. The third-order valence-electron chi connectivity index (χ3n) is 4.79. The topological polar surface area (TPSA) is 82.9 Å². The Morgan fingerprint density at radius 1 is 1.34 bits per heavy atom. The van der Waals surface area contributed by atoms with Crippen LogP contribution in [-0.2, 0) is 25.8 Å². The average molecular weight is 402 g/mol. The van der Waals surface area contributed by atoms with Crippen molar-refractivity contribution < 1.29 is 19.2 Å². The van der Waals surface area contributed by atoms with Gasteiger partial charge in [0.05, 0.1) is 36.5 Å². The number of carbonyl (C=O) groups excluding carboxylic acids is 2. The Labute approximate surface area is 173 Å². The van der Waals surface area contributed by atoms with Crippen LogP contribution in [0.5, 0.6) is 0 Å². The molecule has 1 saturated heterocycles. The van der Waals surface area contributed by atoms with Gasteiger partial charge in [-0.3, -0.25) is 14.4 Å². The minimum atomic E-state index is -0.703. The lowest BCUT2D eigenvalue weighted by Crippen LogP contribution is -2.54. The van der Waals surface area contributed by atoms with Crippen LogP contribution in [0.2, 0.25) is 0 Å². The molecule has 0 aliphatic carbocycles. The van der Waals surface area contributed by atoms with Gasteiger partial charge in [-0.25, -0.2) is 5.06 Å². The summed E-state index contributed by atoms with van der Waals surface area (Å²) in [7, 11) is 0. The number of nitrogens with zero attached hydrogens (tertiary/aromatic N) is 3. The molecule has 1 fully saturated rings. The quantitative estimate of drug-likeness (QED) is 0.494. The summed E-state index contributed by atoms with van der Waals surface area (Å²) in [5.41, 5.74) is 1.03. The molecule has 0 bridgehead atoms. The van der Waals surface area contributed by atoms with Crippen molar-refractivity contribution in [3.63, 3.8) is 0 Å². The van der Waals surface area contributed by atoms with Gasteiger partial charge in [0.1, 0.15) is 6.04 Å². The molecule has 1 aromatic rings. The molecular weight excluding hydrogens is 370 g/mol. The summed E-state index contributed by atoms with van der Waals surface area (Å²) in [6.07, 6.45) is 3.41. The summed E-state index contributed by atoms with van der Waals surface area (Å²) >= 11 is 0. The first-order valence-electron chi connectivity index (χ1n) is 10.0. The molecule has 1 aromatic carbocycles. The predicted octanol–water partition coefficient (Wildman–Crippen LogP) is 3.03.